The second kappa shape index (κ2) is 8.99. The Balaban J connectivity index is 1.65. The van der Waals surface area contributed by atoms with Gasteiger partial charge in [0.05, 0.1) is 12.2 Å². The third-order valence-corrected chi connectivity index (χ3v) is 4.71. The minimum Gasteiger partial charge on any atom is -0.337 e. The summed E-state index contributed by atoms with van der Waals surface area (Å²) in [5, 5.41) is 3.00. The number of nitrogens with zero attached hydrogens (tertiary/aromatic N) is 4. The van der Waals surface area contributed by atoms with Crippen molar-refractivity contribution in [1.82, 2.24) is 25.0 Å². The number of aryl methyl sites for hydroxylation is 1. The van der Waals surface area contributed by atoms with Crippen molar-refractivity contribution < 1.29 is 4.79 Å². The van der Waals surface area contributed by atoms with E-state index < -0.39 is 0 Å². The summed E-state index contributed by atoms with van der Waals surface area (Å²) in [6.45, 7) is 6.37. The lowest BCUT2D eigenvalue weighted by Crippen LogP contribution is -2.45. The molecular weight excluding hydrogens is 302 g/mol. The van der Waals surface area contributed by atoms with E-state index in [9.17, 15) is 4.79 Å². The van der Waals surface area contributed by atoms with E-state index in [1.54, 1.807) is 11.9 Å². The number of aromatic nitrogens is 1. The Hall–Kier alpha value is -1.66. The molecule has 1 aromatic rings. The van der Waals surface area contributed by atoms with E-state index in [-0.39, 0.29) is 6.03 Å². The van der Waals surface area contributed by atoms with Crippen molar-refractivity contribution in [3.63, 3.8) is 0 Å². The summed E-state index contributed by atoms with van der Waals surface area (Å²) in [4.78, 5) is 22.9. The Bertz CT molecular complexity index is 509. The average molecular weight is 333 g/mol. The Labute approximate surface area is 145 Å². The second-order valence-corrected chi connectivity index (χ2v) is 6.95. The zero-order chi connectivity index (χ0) is 17.5. The molecule has 2 rings (SSSR count). The van der Waals surface area contributed by atoms with Gasteiger partial charge in [0.2, 0.25) is 0 Å². The van der Waals surface area contributed by atoms with Gasteiger partial charge in [-0.2, -0.15) is 0 Å². The highest BCUT2D eigenvalue weighted by Crippen LogP contribution is 2.13. The smallest absolute Gasteiger partial charge is 0.317 e. The number of piperidine rings is 1. The summed E-state index contributed by atoms with van der Waals surface area (Å²) in [6, 6.07) is 4.64. The Morgan fingerprint density at radius 3 is 2.58 bits per heavy atom. The molecule has 1 aliphatic rings. The van der Waals surface area contributed by atoms with E-state index in [0.717, 1.165) is 30.9 Å². The van der Waals surface area contributed by atoms with Crippen LogP contribution in [0.1, 0.15) is 24.1 Å². The standard InChI is InChI=1S/C18H31N5O/c1-15-5-6-16(20-13-15)14-22(4)18(24)19-9-12-23-10-7-17(8-11-23)21(2)3/h5-6,13,17H,7-12,14H2,1-4H3,(H,19,24). The Kier molecular flexibility index (Phi) is 6.99. The van der Waals surface area contributed by atoms with Crippen LogP contribution < -0.4 is 5.32 Å². The fourth-order valence-corrected chi connectivity index (χ4v) is 3.02. The van der Waals surface area contributed by atoms with Gasteiger partial charge >= 0.3 is 6.03 Å². The van der Waals surface area contributed by atoms with Crippen LogP contribution in [0.15, 0.2) is 18.3 Å². The van der Waals surface area contributed by atoms with Gasteiger partial charge in [-0.05, 0) is 58.6 Å². The van der Waals surface area contributed by atoms with Gasteiger partial charge in [0.1, 0.15) is 0 Å². The maximum Gasteiger partial charge on any atom is 0.317 e. The number of carbonyl (C=O) groups excluding carboxylic acids is 1. The largest absolute Gasteiger partial charge is 0.337 e. The van der Waals surface area contributed by atoms with E-state index in [2.05, 4.69) is 34.2 Å². The maximum atomic E-state index is 12.2. The molecule has 0 atom stereocenters. The molecule has 24 heavy (non-hydrogen) atoms. The molecule has 1 fully saturated rings. The second-order valence-electron chi connectivity index (χ2n) is 6.95. The molecule has 0 aromatic carbocycles. The van der Waals surface area contributed by atoms with Crippen LogP contribution in [0.3, 0.4) is 0 Å². The zero-order valence-corrected chi connectivity index (χ0v) is 15.5. The lowest BCUT2D eigenvalue weighted by Gasteiger charge is -2.35. The highest BCUT2D eigenvalue weighted by atomic mass is 16.2. The van der Waals surface area contributed by atoms with Crippen molar-refractivity contribution in [3.8, 4) is 0 Å². The van der Waals surface area contributed by atoms with Gasteiger partial charge in [0.15, 0.2) is 0 Å². The Morgan fingerprint density at radius 2 is 2.00 bits per heavy atom. The topological polar surface area (TPSA) is 51.7 Å². The first-order valence-electron chi connectivity index (χ1n) is 8.75. The fourth-order valence-electron chi connectivity index (χ4n) is 3.02. The van der Waals surface area contributed by atoms with Gasteiger partial charge in [-0.15, -0.1) is 0 Å². The number of urea groups is 1. The number of hydrogen-bond acceptors (Lipinski definition) is 4. The van der Waals surface area contributed by atoms with Crippen LogP contribution in [0.4, 0.5) is 4.79 Å². The molecule has 1 aliphatic heterocycles. The van der Waals surface area contributed by atoms with Crippen LogP contribution in [0.2, 0.25) is 0 Å². The normalized spacial score (nSPS) is 16.4. The molecule has 6 heteroatoms. The first kappa shape index (κ1) is 18.7. The number of likely N-dealkylation sites (tertiary alicyclic amines) is 1. The van der Waals surface area contributed by atoms with Gasteiger partial charge in [0, 0.05) is 32.4 Å². The predicted octanol–water partition coefficient (Wildman–Crippen LogP) is 1.56. The quantitative estimate of drug-likeness (QED) is 0.858. The number of carbonyl (C=O) groups is 1. The molecule has 0 spiro atoms. The molecule has 0 aliphatic carbocycles. The van der Waals surface area contributed by atoms with Gasteiger partial charge in [0.25, 0.3) is 0 Å². The van der Waals surface area contributed by atoms with Gasteiger partial charge in [-0.3, -0.25) is 4.98 Å². The van der Waals surface area contributed by atoms with E-state index >= 15 is 0 Å². The summed E-state index contributed by atoms with van der Waals surface area (Å²) in [5.74, 6) is 0. The monoisotopic (exact) mass is 333 g/mol. The van der Waals surface area contributed by atoms with Crippen molar-refractivity contribution in [2.45, 2.75) is 32.4 Å². The minimum absolute atomic E-state index is 0.0412. The maximum absolute atomic E-state index is 12.2. The summed E-state index contributed by atoms with van der Waals surface area (Å²) < 4.78 is 0. The van der Waals surface area contributed by atoms with Crippen LogP contribution in [0.25, 0.3) is 0 Å². The lowest BCUT2D eigenvalue weighted by atomic mass is 10.0. The summed E-state index contributed by atoms with van der Waals surface area (Å²) in [6.07, 6.45) is 4.25. The van der Waals surface area contributed by atoms with Crippen molar-refractivity contribution in [1.29, 1.82) is 0 Å². The fraction of sp³-hybridized carbons (Fsp3) is 0.667. The molecule has 2 heterocycles. The van der Waals surface area contributed by atoms with Crippen molar-refractivity contribution in [2.75, 3.05) is 47.3 Å². The van der Waals surface area contributed by atoms with Gasteiger partial charge in [-0.1, -0.05) is 6.07 Å². The third-order valence-electron chi connectivity index (χ3n) is 4.71. The number of amides is 2. The number of nitrogens with one attached hydrogen (secondary N) is 1. The van der Waals surface area contributed by atoms with E-state index in [4.69, 9.17) is 0 Å². The number of rotatable bonds is 6. The molecule has 1 aromatic heterocycles. The molecule has 0 bridgehead atoms. The molecule has 1 saturated heterocycles. The van der Waals surface area contributed by atoms with Crippen LogP contribution >= 0.6 is 0 Å². The number of pyridine rings is 1. The zero-order valence-electron chi connectivity index (χ0n) is 15.5. The molecular formula is C18H31N5O. The van der Waals surface area contributed by atoms with Crippen LogP contribution in [0, 0.1) is 6.92 Å². The molecule has 6 nitrogen and oxygen atoms in total. The minimum atomic E-state index is -0.0412. The molecule has 134 valence electrons. The molecule has 0 saturated carbocycles. The SMILES string of the molecule is Cc1ccc(CN(C)C(=O)NCCN2CCC(N(C)C)CC2)nc1. The lowest BCUT2D eigenvalue weighted by molar-refractivity contribution is 0.144. The molecule has 2 amide bonds. The number of hydrogen-bond donors (Lipinski definition) is 1. The van der Waals surface area contributed by atoms with E-state index in [1.165, 1.54) is 12.8 Å². The van der Waals surface area contributed by atoms with Gasteiger partial charge in [-0.25, -0.2) is 4.79 Å². The van der Waals surface area contributed by atoms with Crippen molar-refractivity contribution >= 4 is 6.03 Å². The van der Waals surface area contributed by atoms with Crippen LogP contribution in [-0.4, -0.2) is 79.1 Å². The Morgan fingerprint density at radius 1 is 1.29 bits per heavy atom. The first-order valence-corrected chi connectivity index (χ1v) is 8.75. The highest BCUT2D eigenvalue weighted by molar-refractivity contribution is 5.73. The van der Waals surface area contributed by atoms with Crippen molar-refractivity contribution in [3.05, 3.63) is 29.6 Å². The molecule has 0 radical (unpaired) electrons. The molecule has 1 N–H and O–H groups in total. The summed E-state index contributed by atoms with van der Waals surface area (Å²) >= 11 is 0. The first-order chi connectivity index (χ1) is 11.5. The van der Waals surface area contributed by atoms with Crippen LogP contribution in [-0.2, 0) is 6.54 Å². The van der Waals surface area contributed by atoms with Crippen LogP contribution in [0.5, 0.6) is 0 Å². The third kappa shape index (κ3) is 5.76. The summed E-state index contributed by atoms with van der Waals surface area (Å²) in [7, 11) is 6.11. The average Bonchev–Trinajstić information content (AvgIpc) is 2.57. The summed E-state index contributed by atoms with van der Waals surface area (Å²) in [5.41, 5.74) is 2.04. The van der Waals surface area contributed by atoms with Crippen molar-refractivity contribution in [2.24, 2.45) is 0 Å². The highest BCUT2D eigenvalue weighted by Gasteiger charge is 2.20. The predicted molar refractivity (Wildman–Crippen MR) is 97.0 cm³/mol. The van der Waals surface area contributed by atoms with E-state index in [0.29, 0.717) is 19.1 Å². The van der Waals surface area contributed by atoms with Gasteiger partial charge < -0.3 is 20.0 Å². The van der Waals surface area contributed by atoms with E-state index in [1.807, 2.05) is 25.3 Å². The molecule has 0 unspecified atom stereocenters.